The van der Waals surface area contributed by atoms with Crippen LogP contribution in [0.25, 0.3) is 0 Å². The Bertz CT molecular complexity index is 355. The van der Waals surface area contributed by atoms with E-state index in [1.54, 1.807) is 0 Å². The van der Waals surface area contributed by atoms with E-state index in [9.17, 15) is 0 Å². The summed E-state index contributed by atoms with van der Waals surface area (Å²) < 4.78 is 6.02. The van der Waals surface area contributed by atoms with E-state index in [4.69, 9.17) is 4.74 Å². The molecule has 1 unspecified atom stereocenters. The monoisotopic (exact) mass is 248 g/mol. The second-order valence-electron chi connectivity index (χ2n) is 5.20. The van der Waals surface area contributed by atoms with Crippen LogP contribution in [-0.4, -0.2) is 38.2 Å². The van der Waals surface area contributed by atoms with Gasteiger partial charge in [-0.05, 0) is 51.6 Å². The van der Waals surface area contributed by atoms with Crippen LogP contribution in [0.3, 0.4) is 0 Å². The summed E-state index contributed by atoms with van der Waals surface area (Å²) in [5.74, 6) is 0.997. The Labute approximate surface area is 110 Å². The summed E-state index contributed by atoms with van der Waals surface area (Å²) in [5.41, 5.74) is 1.30. The van der Waals surface area contributed by atoms with Gasteiger partial charge in [0.25, 0.3) is 0 Å². The summed E-state index contributed by atoms with van der Waals surface area (Å²) in [6.07, 6.45) is 2.64. The minimum Gasteiger partial charge on any atom is -0.490 e. The van der Waals surface area contributed by atoms with Gasteiger partial charge in [-0.3, -0.25) is 0 Å². The van der Waals surface area contributed by atoms with Crippen molar-refractivity contribution >= 4 is 0 Å². The fraction of sp³-hybridized carbons (Fsp3) is 0.600. The summed E-state index contributed by atoms with van der Waals surface area (Å²) in [7, 11) is 4.15. The smallest absolute Gasteiger partial charge is 0.119 e. The SMILES string of the molecule is CNC(C)c1ccc(OC2CCN(C)CC2)cc1. The van der Waals surface area contributed by atoms with E-state index in [1.165, 1.54) is 5.56 Å². The molecule has 0 amide bonds. The van der Waals surface area contributed by atoms with Crippen molar-refractivity contribution in [3.63, 3.8) is 0 Å². The van der Waals surface area contributed by atoms with E-state index in [1.807, 2.05) is 7.05 Å². The number of benzene rings is 1. The van der Waals surface area contributed by atoms with Gasteiger partial charge in [-0.1, -0.05) is 12.1 Å². The standard InChI is InChI=1S/C15H24N2O/c1-12(16-2)13-4-6-14(7-5-13)18-15-8-10-17(3)11-9-15/h4-7,12,15-16H,8-11H2,1-3H3. The summed E-state index contributed by atoms with van der Waals surface area (Å²) in [6.45, 7) is 4.44. The minimum absolute atomic E-state index is 0.383. The Balaban J connectivity index is 1.90. The maximum atomic E-state index is 6.02. The van der Waals surface area contributed by atoms with Gasteiger partial charge in [0.05, 0.1) is 0 Å². The molecule has 1 heterocycles. The quantitative estimate of drug-likeness (QED) is 0.885. The highest BCUT2D eigenvalue weighted by Crippen LogP contribution is 2.21. The molecule has 18 heavy (non-hydrogen) atoms. The second-order valence-corrected chi connectivity index (χ2v) is 5.20. The fourth-order valence-corrected chi connectivity index (χ4v) is 2.30. The third kappa shape index (κ3) is 3.47. The van der Waals surface area contributed by atoms with Crippen LogP contribution < -0.4 is 10.1 Å². The zero-order valence-corrected chi connectivity index (χ0v) is 11.6. The van der Waals surface area contributed by atoms with Crippen molar-refractivity contribution in [2.75, 3.05) is 27.2 Å². The molecule has 100 valence electrons. The lowest BCUT2D eigenvalue weighted by molar-refractivity contribution is 0.114. The molecule has 3 heteroatoms. The molecule has 1 N–H and O–H groups in total. The van der Waals surface area contributed by atoms with Crippen molar-refractivity contribution in [2.24, 2.45) is 0 Å². The lowest BCUT2D eigenvalue weighted by Crippen LogP contribution is -2.35. The third-order valence-corrected chi connectivity index (χ3v) is 3.78. The molecule has 0 radical (unpaired) electrons. The first-order valence-corrected chi connectivity index (χ1v) is 6.81. The van der Waals surface area contributed by atoms with Gasteiger partial charge in [0.2, 0.25) is 0 Å². The lowest BCUT2D eigenvalue weighted by atomic mass is 10.1. The first kappa shape index (κ1) is 13.4. The van der Waals surface area contributed by atoms with Crippen molar-refractivity contribution in [3.05, 3.63) is 29.8 Å². The first-order chi connectivity index (χ1) is 8.69. The molecule has 3 nitrogen and oxygen atoms in total. The largest absolute Gasteiger partial charge is 0.490 e. The van der Waals surface area contributed by atoms with Crippen molar-refractivity contribution in [2.45, 2.75) is 31.9 Å². The Kier molecular flexibility index (Phi) is 4.61. The molecule has 0 bridgehead atoms. The van der Waals surface area contributed by atoms with Crippen molar-refractivity contribution in [1.29, 1.82) is 0 Å². The fourth-order valence-electron chi connectivity index (χ4n) is 2.30. The summed E-state index contributed by atoms with van der Waals surface area (Å²) in [5, 5.41) is 3.24. The van der Waals surface area contributed by atoms with E-state index in [0.29, 0.717) is 12.1 Å². The molecule has 0 aliphatic carbocycles. The Morgan fingerprint density at radius 2 is 1.83 bits per heavy atom. The zero-order chi connectivity index (χ0) is 13.0. The molecule has 1 fully saturated rings. The third-order valence-electron chi connectivity index (χ3n) is 3.78. The summed E-state index contributed by atoms with van der Waals surface area (Å²) in [4.78, 5) is 2.36. The van der Waals surface area contributed by atoms with E-state index >= 15 is 0 Å². The number of nitrogens with one attached hydrogen (secondary N) is 1. The van der Waals surface area contributed by atoms with Crippen LogP contribution in [0, 0.1) is 0 Å². The highest BCUT2D eigenvalue weighted by molar-refractivity contribution is 5.29. The molecule has 1 aliphatic rings. The lowest BCUT2D eigenvalue weighted by Gasteiger charge is -2.29. The predicted octanol–water partition coefficient (Wildman–Crippen LogP) is 2.44. The Morgan fingerprint density at radius 3 is 2.39 bits per heavy atom. The van der Waals surface area contributed by atoms with Crippen LogP contribution in [0.4, 0.5) is 0 Å². The molecule has 0 aromatic heterocycles. The van der Waals surface area contributed by atoms with Gasteiger partial charge in [-0.2, -0.15) is 0 Å². The first-order valence-electron chi connectivity index (χ1n) is 6.81. The second kappa shape index (κ2) is 6.21. The zero-order valence-electron chi connectivity index (χ0n) is 11.6. The highest BCUT2D eigenvalue weighted by Gasteiger charge is 2.17. The molecule has 1 aliphatic heterocycles. The van der Waals surface area contributed by atoms with Crippen LogP contribution in [-0.2, 0) is 0 Å². The Hall–Kier alpha value is -1.06. The van der Waals surface area contributed by atoms with Gasteiger partial charge < -0.3 is 15.0 Å². The minimum atomic E-state index is 0.383. The van der Waals surface area contributed by atoms with Gasteiger partial charge in [-0.25, -0.2) is 0 Å². The Morgan fingerprint density at radius 1 is 1.22 bits per heavy atom. The summed E-state index contributed by atoms with van der Waals surface area (Å²) >= 11 is 0. The number of hydrogen-bond donors (Lipinski definition) is 1. The van der Waals surface area contributed by atoms with E-state index in [0.717, 1.165) is 31.7 Å². The molecular weight excluding hydrogens is 224 g/mol. The maximum absolute atomic E-state index is 6.02. The number of rotatable bonds is 4. The maximum Gasteiger partial charge on any atom is 0.119 e. The number of ether oxygens (including phenoxy) is 1. The molecule has 1 aromatic rings. The normalized spacial score (nSPS) is 19.7. The molecular formula is C15H24N2O. The molecule has 1 atom stereocenters. The van der Waals surface area contributed by atoms with E-state index in [-0.39, 0.29) is 0 Å². The van der Waals surface area contributed by atoms with E-state index in [2.05, 4.69) is 48.5 Å². The number of likely N-dealkylation sites (tertiary alicyclic amines) is 1. The molecule has 1 aromatic carbocycles. The van der Waals surface area contributed by atoms with Crippen LogP contribution in [0.2, 0.25) is 0 Å². The molecule has 1 saturated heterocycles. The van der Waals surface area contributed by atoms with Gasteiger partial charge in [0.1, 0.15) is 11.9 Å². The topological polar surface area (TPSA) is 24.5 Å². The van der Waals surface area contributed by atoms with Gasteiger partial charge in [-0.15, -0.1) is 0 Å². The van der Waals surface area contributed by atoms with Crippen molar-refractivity contribution < 1.29 is 4.74 Å². The van der Waals surface area contributed by atoms with Crippen LogP contribution in [0.5, 0.6) is 5.75 Å². The van der Waals surface area contributed by atoms with Gasteiger partial charge >= 0.3 is 0 Å². The van der Waals surface area contributed by atoms with Crippen LogP contribution in [0.1, 0.15) is 31.4 Å². The molecule has 2 rings (SSSR count). The van der Waals surface area contributed by atoms with Crippen LogP contribution in [0.15, 0.2) is 24.3 Å². The number of hydrogen-bond acceptors (Lipinski definition) is 3. The molecule has 0 spiro atoms. The van der Waals surface area contributed by atoms with Crippen LogP contribution >= 0.6 is 0 Å². The average molecular weight is 248 g/mol. The number of piperidine rings is 1. The van der Waals surface area contributed by atoms with Crippen molar-refractivity contribution in [3.8, 4) is 5.75 Å². The highest BCUT2D eigenvalue weighted by atomic mass is 16.5. The summed E-state index contributed by atoms with van der Waals surface area (Å²) in [6, 6.07) is 8.85. The van der Waals surface area contributed by atoms with Gasteiger partial charge in [0.15, 0.2) is 0 Å². The van der Waals surface area contributed by atoms with Crippen molar-refractivity contribution in [1.82, 2.24) is 10.2 Å². The number of nitrogens with zero attached hydrogens (tertiary/aromatic N) is 1. The van der Waals surface area contributed by atoms with Gasteiger partial charge in [0, 0.05) is 19.1 Å². The molecule has 0 saturated carbocycles. The average Bonchev–Trinajstić information content (AvgIpc) is 2.41. The predicted molar refractivity (Wildman–Crippen MR) is 75.1 cm³/mol. The van der Waals surface area contributed by atoms with E-state index < -0.39 is 0 Å².